The highest BCUT2D eigenvalue weighted by molar-refractivity contribution is 5.96. The molecule has 2 aromatic carbocycles. The van der Waals surface area contributed by atoms with Crippen LogP contribution in [0, 0.1) is 13.8 Å². The van der Waals surface area contributed by atoms with E-state index in [0.717, 1.165) is 5.52 Å². The van der Waals surface area contributed by atoms with Gasteiger partial charge in [0.1, 0.15) is 0 Å². The Labute approximate surface area is 135 Å². The van der Waals surface area contributed by atoms with Gasteiger partial charge in [-0.3, -0.25) is 4.98 Å². The normalized spacial score (nSPS) is 9.36. The number of benzene rings is 2. The summed E-state index contributed by atoms with van der Waals surface area (Å²) in [6.45, 7) is 12.2. The van der Waals surface area contributed by atoms with Crippen LogP contribution in [0.5, 0.6) is 0 Å². The summed E-state index contributed by atoms with van der Waals surface area (Å²) in [5.74, 6) is 0. The Kier molecular flexibility index (Phi) is 7.31. The molecule has 0 aliphatic heterocycles. The maximum atomic E-state index is 4.53. The highest BCUT2D eigenvalue weighted by Crippen LogP contribution is 2.30. The predicted octanol–water partition coefficient (Wildman–Crippen LogP) is 6.57. The van der Waals surface area contributed by atoms with Gasteiger partial charge in [0.15, 0.2) is 0 Å². The van der Waals surface area contributed by atoms with Gasteiger partial charge in [0.05, 0.1) is 5.52 Å². The van der Waals surface area contributed by atoms with E-state index in [-0.39, 0.29) is 0 Å². The molecule has 0 saturated heterocycles. The van der Waals surface area contributed by atoms with E-state index >= 15 is 0 Å². The van der Waals surface area contributed by atoms with Crippen LogP contribution in [-0.2, 0) is 0 Å². The van der Waals surface area contributed by atoms with Gasteiger partial charge < -0.3 is 0 Å². The third kappa shape index (κ3) is 3.94. The Balaban J connectivity index is 0.000000561. The summed E-state index contributed by atoms with van der Waals surface area (Å²) in [6.07, 6.45) is 1.96. The van der Waals surface area contributed by atoms with Crippen molar-refractivity contribution in [2.45, 2.75) is 41.5 Å². The summed E-state index contributed by atoms with van der Waals surface area (Å²) in [5, 5.41) is 1.23. The topological polar surface area (TPSA) is 12.9 Å². The molecule has 0 aliphatic carbocycles. The van der Waals surface area contributed by atoms with Gasteiger partial charge in [-0.05, 0) is 42.2 Å². The standard InChI is InChI=1S/C17H15N.2C2H6/c1-12-8-9-15-16(10-12)18-11-13(2)17(15)14-6-4-3-5-7-14;2*1-2/h3-11H,1-2H3;2*1-2H3. The summed E-state index contributed by atoms with van der Waals surface area (Å²) in [7, 11) is 0. The molecule has 0 aliphatic rings. The van der Waals surface area contributed by atoms with E-state index < -0.39 is 0 Å². The van der Waals surface area contributed by atoms with E-state index in [9.17, 15) is 0 Å². The summed E-state index contributed by atoms with van der Waals surface area (Å²) >= 11 is 0. The quantitative estimate of drug-likeness (QED) is 0.494. The molecule has 1 aromatic heterocycles. The first-order chi connectivity index (χ1) is 10.8. The Morgan fingerprint density at radius 3 is 2.05 bits per heavy atom. The molecule has 0 N–H and O–H groups in total. The van der Waals surface area contributed by atoms with Gasteiger partial charge in [-0.1, -0.05) is 70.2 Å². The molecule has 0 radical (unpaired) electrons. The zero-order chi connectivity index (χ0) is 16.5. The van der Waals surface area contributed by atoms with E-state index in [1.54, 1.807) is 0 Å². The molecule has 0 unspecified atom stereocenters. The minimum atomic E-state index is 1.07. The van der Waals surface area contributed by atoms with Crippen LogP contribution in [0.1, 0.15) is 38.8 Å². The van der Waals surface area contributed by atoms with E-state index in [0.29, 0.717) is 0 Å². The lowest BCUT2D eigenvalue weighted by molar-refractivity contribution is 1.32. The van der Waals surface area contributed by atoms with Crippen LogP contribution < -0.4 is 0 Å². The average Bonchev–Trinajstić information content (AvgIpc) is 2.59. The first-order valence-electron chi connectivity index (χ1n) is 8.17. The van der Waals surface area contributed by atoms with Crippen LogP contribution in [-0.4, -0.2) is 4.98 Å². The van der Waals surface area contributed by atoms with Gasteiger partial charge in [-0.2, -0.15) is 0 Å². The van der Waals surface area contributed by atoms with E-state index in [4.69, 9.17) is 0 Å². The van der Waals surface area contributed by atoms with Crippen molar-refractivity contribution in [2.75, 3.05) is 0 Å². The number of fused-ring (bicyclic) bond motifs is 1. The number of aryl methyl sites for hydroxylation is 2. The van der Waals surface area contributed by atoms with Crippen molar-refractivity contribution in [3.05, 3.63) is 65.9 Å². The summed E-state index contributed by atoms with van der Waals surface area (Å²) in [6, 6.07) is 17.0. The molecule has 0 bridgehead atoms. The van der Waals surface area contributed by atoms with Crippen molar-refractivity contribution < 1.29 is 0 Å². The lowest BCUT2D eigenvalue weighted by Crippen LogP contribution is -1.89. The summed E-state index contributed by atoms with van der Waals surface area (Å²) < 4.78 is 0. The lowest BCUT2D eigenvalue weighted by atomic mass is 9.96. The van der Waals surface area contributed by atoms with Gasteiger partial charge in [0.25, 0.3) is 0 Å². The fourth-order valence-electron chi connectivity index (χ4n) is 2.39. The molecule has 0 spiro atoms. The van der Waals surface area contributed by atoms with Gasteiger partial charge in [0, 0.05) is 11.6 Å². The van der Waals surface area contributed by atoms with Crippen molar-refractivity contribution in [3.63, 3.8) is 0 Å². The van der Waals surface area contributed by atoms with E-state index in [2.05, 4.69) is 61.3 Å². The molecule has 3 aromatic rings. The number of hydrogen-bond donors (Lipinski definition) is 0. The second-order valence-electron chi connectivity index (χ2n) is 4.70. The summed E-state index contributed by atoms with van der Waals surface area (Å²) in [5.41, 5.74) is 6.08. The minimum absolute atomic E-state index is 1.07. The molecule has 1 nitrogen and oxygen atoms in total. The van der Waals surface area contributed by atoms with Gasteiger partial charge in [-0.15, -0.1) is 0 Å². The molecule has 3 rings (SSSR count). The van der Waals surface area contributed by atoms with Crippen molar-refractivity contribution in [1.29, 1.82) is 0 Å². The Morgan fingerprint density at radius 2 is 1.41 bits per heavy atom. The number of aromatic nitrogens is 1. The average molecular weight is 293 g/mol. The van der Waals surface area contributed by atoms with Crippen molar-refractivity contribution >= 4 is 10.9 Å². The van der Waals surface area contributed by atoms with Crippen LogP contribution in [0.2, 0.25) is 0 Å². The zero-order valence-electron chi connectivity index (χ0n) is 14.6. The molecule has 116 valence electrons. The molecule has 1 heteroatoms. The van der Waals surface area contributed by atoms with Crippen molar-refractivity contribution in [1.82, 2.24) is 4.98 Å². The largest absolute Gasteiger partial charge is 0.256 e. The van der Waals surface area contributed by atoms with Crippen LogP contribution >= 0.6 is 0 Å². The minimum Gasteiger partial charge on any atom is -0.256 e. The van der Waals surface area contributed by atoms with Gasteiger partial charge in [-0.25, -0.2) is 0 Å². The van der Waals surface area contributed by atoms with E-state index in [1.807, 2.05) is 40.0 Å². The SMILES string of the molecule is CC.CC.Cc1ccc2c(-c3ccccc3)c(C)cnc2c1. The molecular formula is C21H27N. The van der Waals surface area contributed by atoms with Crippen LogP contribution in [0.3, 0.4) is 0 Å². The third-order valence-corrected chi connectivity index (χ3v) is 3.28. The first kappa shape index (κ1) is 17.9. The van der Waals surface area contributed by atoms with Crippen LogP contribution in [0.15, 0.2) is 54.7 Å². The molecule has 1 heterocycles. The fourth-order valence-corrected chi connectivity index (χ4v) is 2.39. The Bertz CT molecular complexity index is 700. The molecular weight excluding hydrogens is 266 g/mol. The monoisotopic (exact) mass is 293 g/mol. The molecule has 0 fully saturated rings. The predicted molar refractivity (Wildman–Crippen MR) is 99.3 cm³/mol. The first-order valence-corrected chi connectivity index (χ1v) is 8.17. The molecule has 0 amide bonds. The Hall–Kier alpha value is -2.15. The maximum Gasteiger partial charge on any atom is 0.0711 e. The summed E-state index contributed by atoms with van der Waals surface area (Å²) in [4.78, 5) is 4.53. The molecule has 0 atom stereocenters. The highest BCUT2D eigenvalue weighted by Gasteiger charge is 2.07. The number of hydrogen-bond acceptors (Lipinski definition) is 1. The third-order valence-electron chi connectivity index (χ3n) is 3.28. The number of pyridine rings is 1. The highest BCUT2D eigenvalue weighted by atomic mass is 14.7. The van der Waals surface area contributed by atoms with Crippen molar-refractivity contribution in [3.8, 4) is 11.1 Å². The lowest BCUT2D eigenvalue weighted by Gasteiger charge is -2.10. The van der Waals surface area contributed by atoms with Crippen molar-refractivity contribution in [2.24, 2.45) is 0 Å². The number of rotatable bonds is 1. The Morgan fingerprint density at radius 1 is 0.773 bits per heavy atom. The van der Waals surface area contributed by atoms with Crippen LogP contribution in [0.4, 0.5) is 0 Å². The number of nitrogens with zero attached hydrogens (tertiary/aromatic N) is 1. The molecule has 22 heavy (non-hydrogen) atoms. The fraction of sp³-hybridized carbons (Fsp3) is 0.286. The molecule has 0 saturated carbocycles. The van der Waals surface area contributed by atoms with Crippen LogP contribution in [0.25, 0.3) is 22.0 Å². The van der Waals surface area contributed by atoms with Gasteiger partial charge >= 0.3 is 0 Å². The van der Waals surface area contributed by atoms with Gasteiger partial charge in [0.2, 0.25) is 0 Å². The second-order valence-corrected chi connectivity index (χ2v) is 4.70. The zero-order valence-corrected chi connectivity index (χ0v) is 14.6. The maximum absolute atomic E-state index is 4.53. The second kappa shape index (κ2) is 8.99. The van der Waals surface area contributed by atoms with E-state index in [1.165, 1.54) is 27.6 Å². The smallest absolute Gasteiger partial charge is 0.0711 e.